The smallest absolute Gasteiger partial charge is 0.123 e. The first-order valence-corrected chi connectivity index (χ1v) is 6.38. The van der Waals surface area contributed by atoms with Crippen LogP contribution in [0.2, 0.25) is 0 Å². The molecule has 1 saturated carbocycles. The lowest BCUT2D eigenvalue weighted by atomic mass is 10.0. The van der Waals surface area contributed by atoms with Crippen LogP contribution in [0.3, 0.4) is 0 Å². The number of aryl methyl sites for hydroxylation is 1. The van der Waals surface area contributed by atoms with Crippen LogP contribution in [-0.2, 0) is 0 Å². The van der Waals surface area contributed by atoms with Gasteiger partial charge in [-0.25, -0.2) is 4.39 Å². The van der Waals surface area contributed by atoms with Crippen LogP contribution in [0.25, 0.3) is 6.08 Å². The van der Waals surface area contributed by atoms with Crippen molar-refractivity contribution in [3.8, 4) is 0 Å². The van der Waals surface area contributed by atoms with Gasteiger partial charge in [0.25, 0.3) is 0 Å². The van der Waals surface area contributed by atoms with Crippen molar-refractivity contribution in [3.63, 3.8) is 0 Å². The van der Waals surface area contributed by atoms with Gasteiger partial charge in [0.15, 0.2) is 0 Å². The first kappa shape index (κ1) is 12.3. The van der Waals surface area contributed by atoms with E-state index in [1.165, 1.54) is 24.5 Å². The van der Waals surface area contributed by atoms with Gasteiger partial charge in [-0.2, -0.15) is 0 Å². The summed E-state index contributed by atoms with van der Waals surface area (Å²) in [5, 5.41) is 3.50. The van der Waals surface area contributed by atoms with Crippen LogP contribution in [0.15, 0.2) is 23.8 Å². The summed E-state index contributed by atoms with van der Waals surface area (Å²) in [5.41, 5.74) is 3.47. The molecule has 1 aromatic carbocycles. The molecule has 0 bridgehead atoms. The SMILES string of the molecule is CC/C(=C/c1cc(F)ccc1C)CNC1CC1. The van der Waals surface area contributed by atoms with Crippen molar-refractivity contribution >= 4 is 6.08 Å². The Morgan fingerprint density at radius 1 is 1.47 bits per heavy atom. The molecule has 2 rings (SSSR count). The highest BCUT2D eigenvalue weighted by molar-refractivity contribution is 5.56. The summed E-state index contributed by atoms with van der Waals surface area (Å²) in [4.78, 5) is 0. The van der Waals surface area contributed by atoms with Gasteiger partial charge in [-0.1, -0.05) is 24.6 Å². The van der Waals surface area contributed by atoms with Gasteiger partial charge in [0, 0.05) is 12.6 Å². The monoisotopic (exact) mass is 233 g/mol. The first-order chi connectivity index (χ1) is 8.19. The average molecular weight is 233 g/mol. The molecule has 0 spiro atoms. The van der Waals surface area contributed by atoms with Crippen LogP contribution in [0.4, 0.5) is 4.39 Å². The Labute approximate surface area is 103 Å². The third-order valence-electron chi connectivity index (χ3n) is 3.25. The van der Waals surface area contributed by atoms with E-state index in [2.05, 4.69) is 18.3 Å². The van der Waals surface area contributed by atoms with E-state index in [1.54, 1.807) is 6.07 Å². The molecule has 0 unspecified atom stereocenters. The predicted octanol–water partition coefficient (Wildman–Crippen LogP) is 3.68. The fraction of sp³-hybridized carbons (Fsp3) is 0.467. The summed E-state index contributed by atoms with van der Waals surface area (Å²) in [6, 6.07) is 5.68. The normalized spacial score (nSPS) is 16.3. The Balaban J connectivity index is 2.09. The summed E-state index contributed by atoms with van der Waals surface area (Å²) in [5.74, 6) is -0.160. The van der Waals surface area contributed by atoms with E-state index < -0.39 is 0 Å². The summed E-state index contributed by atoms with van der Waals surface area (Å²) in [6.07, 6.45) is 5.73. The molecule has 0 atom stereocenters. The Bertz CT molecular complexity index is 419. The molecule has 0 saturated heterocycles. The molecule has 1 aromatic rings. The van der Waals surface area contributed by atoms with Crippen molar-refractivity contribution in [2.75, 3.05) is 6.54 Å². The zero-order valence-electron chi connectivity index (χ0n) is 10.6. The second-order valence-electron chi connectivity index (χ2n) is 4.81. The highest BCUT2D eigenvalue weighted by Crippen LogP contribution is 2.20. The molecule has 0 aliphatic heterocycles. The lowest BCUT2D eigenvalue weighted by Crippen LogP contribution is -2.18. The molecule has 0 amide bonds. The fourth-order valence-electron chi connectivity index (χ4n) is 1.83. The Hall–Kier alpha value is -1.15. The topological polar surface area (TPSA) is 12.0 Å². The van der Waals surface area contributed by atoms with E-state index in [4.69, 9.17) is 0 Å². The minimum atomic E-state index is -0.160. The zero-order valence-corrected chi connectivity index (χ0v) is 10.6. The van der Waals surface area contributed by atoms with Gasteiger partial charge in [0.05, 0.1) is 0 Å². The third-order valence-corrected chi connectivity index (χ3v) is 3.25. The van der Waals surface area contributed by atoms with E-state index in [0.29, 0.717) is 0 Å². The van der Waals surface area contributed by atoms with E-state index >= 15 is 0 Å². The van der Waals surface area contributed by atoms with Crippen molar-refractivity contribution < 1.29 is 4.39 Å². The molecule has 0 aromatic heterocycles. The van der Waals surface area contributed by atoms with Crippen molar-refractivity contribution in [1.82, 2.24) is 5.32 Å². The Kier molecular flexibility index (Phi) is 3.95. The number of halogens is 1. The molecule has 0 radical (unpaired) electrons. The molecule has 0 heterocycles. The molecule has 1 fully saturated rings. The van der Waals surface area contributed by atoms with Crippen LogP contribution >= 0.6 is 0 Å². The first-order valence-electron chi connectivity index (χ1n) is 6.38. The second kappa shape index (κ2) is 5.46. The van der Waals surface area contributed by atoms with E-state index in [-0.39, 0.29) is 5.82 Å². The van der Waals surface area contributed by atoms with Crippen LogP contribution in [-0.4, -0.2) is 12.6 Å². The minimum Gasteiger partial charge on any atom is -0.310 e. The van der Waals surface area contributed by atoms with E-state index in [9.17, 15) is 4.39 Å². The molecule has 1 N–H and O–H groups in total. The number of rotatable bonds is 5. The fourth-order valence-corrected chi connectivity index (χ4v) is 1.83. The molecule has 92 valence electrons. The lowest BCUT2D eigenvalue weighted by molar-refractivity contribution is 0.627. The number of benzene rings is 1. The Morgan fingerprint density at radius 3 is 2.88 bits per heavy atom. The van der Waals surface area contributed by atoms with Crippen LogP contribution in [0.1, 0.15) is 37.3 Å². The quantitative estimate of drug-likeness (QED) is 0.818. The van der Waals surface area contributed by atoms with Crippen molar-refractivity contribution in [2.45, 2.75) is 39.2 Å². The molecular formula is C15H20FN. The van der Waals surface area contributed by atoms with Gasteiger partial charge in [0.1, 0.15) is 5.82 Å². The maximum atomic E-state index is 13.2. The molecule has 17 heavy (non-hydrogen) atoms. The largest absolute Gasteiger partial charge is 0.310 e. The standard InChI is InChI=1S/C15H20FN/c1-3-12(10-17-15-6-7-15)8-13-9-14(16)5-4-11(13)2/h4-5,8-9,15,17H,3,6-7,10H2,1-2H3/b12-8-. The predicted molar refractivity (Wildman–Crippen MR) is 70.4 cm³/mol. The maximum Gasteiger partial charge on any atom is 0.123 e. The third kappa shape index (κ3) is 3.67. The van der Waals surface area contributed by atoms with Crippen LogP contribution < -0.4 is 5.32 Å². The van der Waals surface area contributed by atoms with Gasteiger partial charge in [-0.05, 0) is 49.4 Å². The van der Waals surface area contributed by atoms with Gasteiger partial charge in [0.2, 0.25) is 0 Å². The summed E-state index contributed by atoms with van der Waals surface area (Å²) >= 11 is 0. The van der Waals surface area contributed by atoms with Gasteiger partial charge in [-0.3, -0.25) is 0 Å². The summed E-state index contributed by atoms with van der Waals surface area (Å²) in [7, 11) is 0. The average Bonchev–Trinajstić information content (AvgIpc) is 3.12. The van der Waals surface area contributed by atoms with Gasteiger partial charge in [-0.15, -0.1) is 0 Å². The number of nitrogens with one attached hydrogen (secondary N) is 1. The van der Waals surface area contributed by atoms with Crippen molar-refractivity contribution in [3.05, 3.63) is 40.7 Å². The Morgan fingerprint density at radius 2 is 2.24 bits per heavy atom. The van der Waals surface area contributed by atoms with E-state index in [1.807, 2.05) is 13.0 Å². The molecular weight excluding hydrogens is 213 g/mol. The molecule has 1 aliphatic rings. The van der Waals surface area contributed by atoms with E-state index in [0.717, 1.165) is 30.1 Å². The number of hydrogen-bond acceptors (Lipinski definition) is 1. The molecule has 2 heteroatoms. The van der Waals surface area contributed by atoms with Gasteiger partial charge >= 0.3 is 0 Å². The van der Waals surface area contributed by atoms with Crippen molar-refractivity contribution in [1.29, 1.82) is 0 Å². The van der Waals surface area contributed by atoms with Crippen LogP contribution in [0.5, 0.6) is 0 Å². The highest BCUT2D eigenvalue weighted by Gasteiger charge is 2.20. The molecule has 1 aliphatic carbocycles. The second-order valence-corrected chi connectivity index (χ2v) is 4.81. The van der Waals surface area contributed by atoms with Gasteiger partial charge < -0.3 is 5.32 Å². The number of hydrogen-bond donors (Lipinski definition) is 1. The zero-order chi connectivity index (χ0) is 12.3. The molecule has 1 nitrogen and oxygen atoms in total. The minimum absolute atomic E-state index is 0.160. The highest BCUT2D eigenvalue weighted by atomic mass is 19.1. The van der Waals surface area contributed by atoms with Crippen molar-refractivity contribution in [2.24, 2.45) is 0 Å². The summed E-state index contributed by atoms with van der Waals surface area (Å²) < 4.78 is 13.2. The summed E-state index contributed by atoms with van der Waals surface area (Å²) in [6.45, 7) is 5.10. The lowest BCUT2D eigenvalue weighted by Gasteiger charge is -2.08. The maximum absolute atomic E-state index is 13.2. The van der Waals surface area contributed by atoms with Crippen LogP contribution in [0, 0.1) is 12.7 Å².